The highest BCUT2D eigenvalue weighted by molar-refractivity contribution is 7.92. The maximum atomic E-state index is 13.1. The quantitative estimate of drug-likeness (QED) is 0.616. The van der Waals surface area contributed by atoms with Crippen LogP contribution in [0.2, 0.25) is 0 Å². The molecule has 2 N–H and O–H groups in total. The van der Waals surface area contributed by atoms with Crippen molar-refractivity contribution in [3.05, 3.63) is 42.1 Å². The molecule has 0 saturated heterocycles. The van der Waals surface area contributed by atoms with E-state index in [1.807, 2.05) is 0 Å². The number of carbonyl (C=O) groups is 2. The number of alkyl halides is 3. The standard InChI is InChI=1S/C19H20F3N3O5S.C3H7NO/c1-18(2,3)30-17(26)23-12-7-8-14-13(11-12)25(9-10-29-14)31(27,28)16-6-4-5-15(24-16)19(20,21)22;1-3(5)4-2/h4-8,11H,9-10H2,1-3H3,(H,23,26);1-2H3,(H,4,5). The summed E-state index contributed by atoms with van der Waals surface area (Å²) in [5.74, 6) is 0.196. The summed E-state index contributed by atoms with van der Waals surface area (Å²) >= 11 is 0. The first-order chi connectivity index (χ1) is 16.5. The van der Waals surface area contributed by atoms with Crippen LogP contribution in [0.5, 0.6) is 5.75 Å². The lowest BCUT2D eigenvalue weighted by atomic mass is 10.2. The van der Waals surface area contributed by atoms with Crippen LogP contribution in [-0.2, 0) is 25.7 Å². The predicted octanol–water partition coefficient (Wildman–Crippen LogP) is 3.79. The van der Waals surface area contributed by atoms with E-state index in [4.69, 9.17) is 9.47 Å². The summed E-state index contributed by atoms with van der Waals surface area (Å²) in [5.41, 5.74) is -1.79. The van der Waals surface area contributed by atoms with Crippen LogP contribution >= 0.6 is 0 Å². The molecule has 2 heterocycles. The number of nitrogens with zero attached hydrogens (tertiary/aromatic N) is 2. The predicted molar refractivity (Wildman–Crippen MR) is 125 cm³/mol. The summed E-state index contributed by atoms with van der Waals surface area (Å²) in [6.45, 7) is 6.37. The van der Waals surface area contributed by atoms with E-state index in [-0.39, 0.29) is 36.2 Å². The molecule has 0 atom stereocenters. The lowest BCUT2D eigenvalue weighted by molar-refractivity contribution is -0.141. The number of halogens is 3. The van der Waals surface area contributed by atoms with Crippen molar-refractivity contribution in [2.75, 3.05) is 29.8 Å². The van der Waals surface area contributed by atoms with Crippen LogP contribution in [-0.4, -0.2) is 51.2 Å². The Morgan fingerprint density at radius 3 is 2.33 bits per heavy atom. The molecule has 198 valence electrons. The van der Waals surface area contributed by atoms with Crippen LogP contribution in [0.25, 0.3) is 0 Å². The topological polar surface area (TPSA) is 127 Å². The molecule has 14 heteroatoms. The zero-order valence-corrected chi connectivity index (χ0v) is 21.1. The van der Waals surface area contributed by atoms with Crippen LogP contribution in [0.15, 0.2) is 41.4 Å². The van der Waals surface area contributed by atoms with Crippen molar-refractivity contribution in [2.24, 2.45) is 0 Å². The number of hydrogen-bond acceptors (Lipinski definition) is 7. The summed E-state index contributed by atoms with van der Waals surface area (Å²) in [6, 6.07) is 6.93. The zero-order chi connectivity index (χ0) is 27.3. The first-order valence-electron chi connectivity index (χ1n) is 10.6. The van der Waals surface area contributed by atoms with Gasteiger partial charge in [0.05, 0.1) is 12.2 Å². The Hall–Kier alpha value is -3.55. The molecule has 0 aliphatic carbocycles. The molecule has 36 heavy (non-hydrogen) atoms. The molecule has 0 spiro atoms. The number of carbonyl (C=O) groups excluding carboxylic acids is 2. The number of sulfonamides is 1. The van der Waals surface area contributed by atoms with Gasteiger partial charge in [0.15, 0.2) is 5.03 Å². The van der Waals surface area contributed by atoms with Crippen molar-refractivity contribution in [3.8, 4) is 5.75 Å². The second kappa shape index (κ2) is 11.0. The van der Waals surface area contributed by atoms with Gasteiger partial charge in [-0.1, -0.05) is 6.07 Å². The van der Waals surface area contributed by atoms with Gasteiger partial charge in [0.1, 0.15) is 23.7 Å². The number of nitrogens with one attached hydrogen (secondary N) is 2. The third kappa shape index (κ3) is 7.73. The normalized spacial score (nSPS) is 13.4. The van der Waals surface area contributed by atoms with Crippen molar-refractivity contribution in [3.63, 3.8) is 0 Å². The van der Waals surface area contributed by atoms with Crippen molar-refractivity contribution in [2.45, 2.75) is 44.5 Å². The van der Waals surface area contributed by atoms with Crippen LogP contribution < -0.4 is 19.7 Å². The number of rotatable bonds is 3. The highest BCUT2D eigenvalue weighted by atomic mass is 32.2. The van der Waals surface area contributed by atoms with E-state index in [0.717, 1.165) is 16.4 Å². The molecule has 0 unspecified atom stereocenters. The fourth-order valence-electron chi connectivity index (χ4n) is 2.77. The van der Waals surface area contributed by atoms with Crippen molar-refractivity contribution in [1.82, 2.24) is 10.3 Å². The van der Waals surface area contributed by atoms with Gasteiger partial charge in [-0.3, -0.25) is 14.4 Å². The molecule has 1 aromatic heterocycles. The number of ether oxygens (including phenoxy) is 2. The molecule has 1 aliphatic heterocycles. The number of pyridine rings is 1. The molecular weight excluding hydrogens is 505 g/mol. The Morgan fingerprint density at radius 2 is 1.78 bits per heavy atom. The second-order valence-electron chi connectivity index (χ2n) is 8.40. The number of anilines is 2. The van der Waals surface area contributed by atoms with Crippen LogP contribution in [0.1, 0.15) is 33.4 Å². The van der Waals surface area contributed by atoms with Gasteiger partial charge in [-0.2, -0.15) is 21.6 Å². The summed E-state index contributed by atoms with van der Waals surface area (Å²) in [5, 5.41) is 4.13. The van der Waals surface area contributed by atoms with E-state index < -0.39 is 38.6 Å². The lowest BCUT2D eigenvalue weighted by Crippen LogP contribution is -2.38. The van der Waals surface area contributed by atoms with Gasteiger partial charge in [-0.25, -0.2) is 9.78 Å². The molecule has 1 aromatic carbocycles. The van der Waals surface area contributed by atoms with Gasteiger partial charge in [0, 0.05) is 19.7 Å². The van der Waals surface area contributed by atoms with Crippen LogP contribution in [0.4, 0.5) is 29.3 Å². The number of fused-ring (bicyclic) bond motifs is 1. The highest BCUT2D eigenvalue weighted by Gasteiger charge is 2.36. The minimum Gasteiger partial charge on any atom is -0.489 e. The molecule has 10 nitrogen and oxygen atoms in total. The third-order valence-electron chi connectivity index (χ3n) is 4.35. The summed E-state index contributed by atoms with van der Waals surface area (Å²) in [7, 11) is -2.83. The summed E-state index contributed by atoms with van der Waals surface area (Å²) in [4.78, 5) is 25.0. The molecule has 0 fully saturated rings. The molecule has 2 amide bonds. The van der Waals surface area contributed by atoms with Crippen molar-refractivity contribution >= 4 is 33.4 Å². The monoisotopic (exact) mass is 532 g/mol. The first kappa shape index (κ1) is 28.7. The molecule has 0 bridgehead atoms. The largest absolute Gasteiger partial charge is 0.489 e. The highest BCUT2D eigenvalue weighted by Crippen LogP contribution is 2.37. The summed E-state index contributed by atoms with van der Waals surface area (Å²) < 4.78 is 76.6. The second-order valence-corrected chi connectivity index (χ2v) is 10.2. The van der Waals surface area contributed by atoms with E-state index in [2.05, 4.69) is 15.6 Å². The van der Waals surface area contributed by atoms with E-state index in [1.165, 1.54) is 25.1 Å². The van der Waals surface area contributed by atoms with Gasteiger partial charge < -0.3 is 14.8 Å². The zero-order valence-electron chi connectivity index (χ0n) is 20.3. The smallest absolute Gasteiger partial charge is 0.433 e. The van der Waals surface area contributed by atoms with Crippen molar-refractivity contribution < 1.29 is 40.7 Å². The first-order valence-corrected chi connectivity index (χ1v) is 12.0. The number of benzene rings is 1. The molecule has 0 saturated carbocycles. The lowest BCUT2D eigenvalue weighted by Gasteiger charge is -2.30. The Bertz CT molecular complexity index is 1210. The van der Waals surface area contributed by atoms with Gasteiger partial charge in [0.2, 0.25) is 5.91 Å². The minimum absolute atomic E-state index is 0.00463. The van der Waals surface area contributed by atoms with Gasteiger partial charge in [-0.15, -0.1) is 0 Å². The Labute approximate surface area is 206 Å². The Kier molecular flexibility index (Phi) is 8.78. The van der Waals surface area contributed by atoms with Gasteiger partial charge in [0.25, 0.3) is 10.0 Å². The third-order valence-corrected chi connectivity index (χ3v) is 6.06. The van der Waals surface area contributed by atoms with E-state index >= 15 is 0 Å². The van der Waals surface area contributed by atoms with Crippen LogP contribution in [0.3, 0.4) is 0 Å². The number of aromatic nitrogens is 1. The fraction of sp³-hybridized carbons (Fsp3) is 0.409. The van der Waals surface area contributed by atoms with Crippen molar-refractivity contribution in [1.29, 1.82) is 0 Å². The number of hydrogen-bond donors (Lipinski definition) is 2. The molecular formula is C22H27F3N4O6S. The van der Waals surface area contributed by atoms with Gasteiger partial charge in [-0.05, 0) is 51.1 Å². The maximum absolute atomic E-state index is 13.1. The van der Waals surface area contributed by atoms with Gasteiger partial charge >= 0.3 is 12.3 Å². The Balaban J connectivity index is 0.000000830. The maximum Gasteiger partial charge on any atom is 0.433 e. The molecule has 1 aliphatic rings. The average Bonchev–Trinajstić information content (AvgIpc) is 2.77. The minimum atomic E-state index is -4.79. The van der Waals surface area contributed by atoms with E-state index in [0.29, 0.717) is 6.07 Å². The fourth-order valence-corrected chi connectivity index (χ4v) is 4.18. The average molecular weight is 533 g/mol. The Morgan fingerprint density at radius 1 is 1.14 bits per heavy atom. The number of amides is 2. The van der Waals surface area contributed by atoms with Crippen LogP contribution in [0, 0.1) is 0 Å². The SMILES string of the molecule is CC(C)(C)OC(=O)Nc1ccc2c(c1)N(S(=O)(=O)c1cccc(C(F)(F)F)n1)CCO2.CNC(C)=O. The van der Waals surface area contributed by atoms with E-state index in [1.54, 1.807) is 27.8 Å². The van der Waals surface area contributed by atoms with E-state index in [9.17, 15) is 31.2 Å². The summed E-state index contributed by atoms with van der Waals surface area (Å²) in [6.07, 6.45) is -5.54. The molecule has 2 aromatic rings. The molecule has 3 rings (SSSR count). The molecule has 0 radical (unpaired) electrons.